The van der Waals surface area contributed by atoms with Gasteiger partial charge in [0.15, 0.2) is 0 Å². The van der Waals surface area contributed by atoms with E-state index in [2.05, 4.69) is 0 Å². The highest BCUT2D eigenvalue weighted by atomic mass is 35.5. The maximum Gasteiger partial charge on any atom is 0.242 e. The molecule has 18 heavy (non-hydrogen) atoms. The van der Waals surface area contributed by atoms with Crippen molar-refractivity contribution in [2.45, 2.75) is 31.2 Å². The SMILES string of the molecule is CCCCN(C)S(=O)(=O)c1ccc(CN)c(Cl)c1. The van der Waals surface area contributed by atoms with Gasteiger partial charge >= 0.3 is 0 Å². The first kappa shape index (κ1) is 15.4. The fraction of sp³-hybridized carbons (Fsp3) is 0.500. The van der Waals surface area contributed by atoms with E-state index in [1.54, 1.807) is 19.2 Å². The third kappa shape index (κ3) is 3.45. The second kappa shape index (κ2) is 6.52. The minimum Gasteiger partial charge on any atom is -0.326 e. The van der Waals surface area contributed by atoms with Gasteiger partial charge in [0.2, 0.25) is 10.0 Å². The number of unbranched alkanes of at least 4 members (excludes halogenated alkanes) is 1. The van der Waals surface area contributed by atoms with Gasteiger partial charge in [-0.3, -0.25) is 0 Å². The van der Waals surface area contributed by atoms with Crippen molar-refractivity contribution >= 4 is 21.6 Å². The summed E-state index contributed by atoms with van der Waals surface area (Å²) >= 11 is 5.98. The van der Waals surface area contributed by atoms with Gasteiger partial charge in [0.25, 0.3) is 0 Å². The molecule has 1 aromatic carbocycles. The van der Waals surface area contributed by atoms with Crippen molar-refractivity contribution in [3.05, 3.63) is 28.8 Å². The Morgan fingerprint density at radius 1 is 1.39 bits per heavy atom. The van der Waals surface area contributed by atoms with Crippen LogP contribution in [0.5, 0.6) is 0 Å². The van der Waals surface area contributed by atoms with Gasteiger partial charge in [-0.1, -0.05) is 31.0 Å². The normalized spacial score (nSPS) is 12.1. The third-order valence-electron chi connectivity index (χ3n) is 2.78. The summed E-state index contributed by atoms with van der Waals surface area (Å²) in [6.45, 7) is 2.83. The number of nitrogens with zero attached hydrogens (tertiary/aromatic N) is 1. The summed E-state index contributed by atoms with van der Waals surface area (Å²) in [4.78, 5) is 0.211. The van der Waals surface area contributed by atoms with E-state index < -0.39 is 10.0 Å². The van der Waals surface area contributed by atoms with Crippen molar-refractivity contribution in [1.29, 1.82) is 0 Å². The summed E-state index contributed by atoms with van der Waals surface area (Å²) in [5.41, 5.74) is 6.23. The van der Waals surface area contributed by atoms with E-state index in [-0.39, 0.29) is 4.90 Å². The molecular formula is C12H19ClN2O2S. The predicted octanol–water partition coefficient (Wildman–Crippen LogP) is 2.22. The molecule has 0 heterocycles. The van der Waals surface area contributed by atoms with Crippen LogP contribution in [0.2, 0.25) is 5.02 Å². The summed E-state index contributed by atoms with van der Waals surface area (Å²) in [5.74, 6) is 0. The Kier molecular flexibility index (Phi) is 5.59. The topological polar surface area (TPSA) is 63.4 Å². The Balaban J connectivity index is 3.01. The summed E-state index contributed by atoms with van der Waals surface area (Å²) in [6.07, 6.45) is 1.79. The Bertz CT molecular complexity index is 503. The van der Waals surface area contributed by atoms with Crippen molar-refractivity contribution in [2.75, 3.05) is 13.6 Å². The van der Waals surface area contributed by atoms with Crippen LogP contribution < -0.4 is 5.73 Å². The second-order valence-electron chi connectivity index (χ2n) is 4.14. The molecule has 0 aliphatic rings. The lowest BCUT2D eigenvalue weighted by atomic mass is 10.2. The average Bonchev–Trinajstić information content (AvgIpc) is 2.35. The van der Waals surface area contributed by atoms with Crippen molar-refractivity contribution in [1.82, 2.24) is 4.31 Å². The summed E-state index contributed by atoms with van der Waals surface area (Å²) < 4.78 is 25.8. The second-order valence-corrected chi connectivity index (χ2v) is 6.59. The van der Waals surface area contributed by atoms with Crippen molar-refractivity contribution < 1.29 is 8.42 Å². The number of hydrogen-bond donors (Lipinski definition) is 1. The van der Waals surface area contributed by atoms with Crippen LogP contribution in [0.25, 0.3) is 0 Å². The minimum absolute atomic E-state index is 0.211. The molecule has 0 aromatic heterocycles. The van der Waals surface area contributed by atoms with E-state index >= 15 is 0 Å². The zero-order valence-corrected chi connectivity index (χ0v) is 12.3. The average molecular weight is 291 g/mol. The van der Waals surface area contributed by atoms with Crippen molar-refractivity contribution in [2.24, 2.45) is 5.73 Å². The highest BCUT2D eigenvalue weighted by molar-refractivity contribution is 7.89. The van der Waals surface area contributed by atoms with E-state index in [0.29, 0.717) is 18.1 Å². The van der Waals surface area contributed by atoms with Gasteiger partial charge in [-0.15, -0.1) is 0 Å². The van der Waals surface area contributed by atoms with Crippen LogP contribution in [0.3, 0.4) is 0 Å². The Hall–Kier alpha value is -0.620. The van der Waals surface area contributed by atoms with Crippen LogP contribution >= 0.6 is 11.6 Å². The molecule has 102 valence electrons. The van der Waals surface area contributed by atoms with E-state index in [4.69, 9.17) is 17.3 Å². The number of rotatable bonds is 6. The van der Waals surface area contributed by atoms with E-state index in [9.17, 15) is 8.42 Å². The maximum atomic E-state index is 12.2. The summed E-state index contributed by atoms with van der Waals surface area (Å²) in [7, 11) is -1.87. The zero-order valence-electron chi connectivity index (χ0n) is 10.7. The first-order valence-corrected chi connectivity index (χ1v) is 7.70. The number of benzene rings is 1. The van der Waals surface area contributed by atoms with Crippen LogP contribution in [0.1, 0.15) is 25.3 Å². The molecule has 0 bridgehead atoms. The molecule has 1 rings (SSSR count). The van der Waals surface area contributed by atoms with Crippen molar-refractivity contribution in [3.63, 3.8) is 0 Å². The molecule has 0 amide bonds. The molecule has 6 heteroatoms. The van der Waals surface area contributed by atoms with Crippen molar-refractivity contribution in [3.8, 4) is 0 Å². The molecule has 4 nitrogen and oxygen atoms in total. The van der Waals surface area contributed by atoms with Crippen LogP contribution in [-0.2, 0) is 16.6 Å². The van der Waals surface area contributed by atoms with Crippen LogP contribution in [0, 0.1) is 0 Å². The lowest BCUT2D eigenvalue weighted by Crippen LogP contribution is -2.28. The zero-order chi connectivity index (χ0) is 13.8. The molecule has 2 N–H and O–H groups in total. The molecule has 0 aliphatic carbocycles. The third-order valence-corrected chi connectivity index (χ3v) is 4.98. The quantitative estimate of drug-likeness (QED) is 0.874. The van der Waals surface area contributed by atoms with E-state index in [1.807, 2.05) is 6.92 Å². The summed E-state index contributed by atoms with van der Waals surface area (Å²) in [5, 5.41) is 0.391. The molecule has 0 saturated heterocycles. The molecule has 0 aliphatic heterocycles. The van der Waals surface area contributed by atoms with Gasteiger partial charge in [-0.2, -0.15) is 0 Å². The molecule has 0 unspecified atom stereocenters. The standard InChI is InChI=1S/C12H19ClN2O2S/c1-3-4-7-15(2)18(16,17)11-6-5-10(9-14)12(13)8-11/h5-6,8H,3-4,7,9,14H2,1-2H3. The molecule has 0 fully saturated rings. The predicted molar refractivity (Wildman–Crippen MR) is 74.1 cm³/mol. The highest BCUT2D eigenvalue weighted by Gasteiger charge is 2.20. The molecule has 0 spiro atoms. The highest BCUT2D eigenvalue weighted by Crippen LogP contribution is 2.22. The largest absolute Gasteiger partial charge is 0.326 e. The van der Waals surface area contributed by atoms with Gasteiger partial charge in [0.1, 0.15) is 0 Å². The Morgan fingerprint density at radius 2 is 2.06 bits per heavy atom. The lowest BCUT2D eigenvalue weighted by Gasteiger charge is -2.17. The fourth-order valence-corrected chi connectivity index (χ4v) is 3.09. The first-order valence-electron chi connectivity index (χ1n) is 5.88. The van der Waals surface area contributed by atoms with E-state index in [0.717, 1.165) is 18.4 Å². The molecule has 0 radical (unpaired) electrons. The number of nitrogens with two attached hydrogens (primary N) is 1. The Labute approximate surface area is 114 Å². The van der Waals surface area contributed by atoms with Crippen LogP contribution in [0.15, 0.2) is 23.1 Å². The number of halogens is 1. The molecular weight excluding hydrogens is 272 g/mol. The molecule has 1 aromatic rings. The van der Waals surface area contributed by atoms with Crippen LogP contribution in [-0.4, -0.2) is 26.3 Å². The summed E-state index contributed by atoms with van der Waals surface area (Å²) in [6, 6.07) is 4.66. The monoisotopic (exact) mass is 290 g/mol. The molecule has 0 saturated carbocycles. The first-order chi connectivity index (χ1) is 8.43. The number of hydrogen-bond acceptors (Lipinski definition) is 3. The van der Waals surface area contributed by atoms with Gasteiger partial charge in [-0.05, 0) is 24.1 Å². The van der Waals surface area contributed by atoms with E-state index in [1.165, 1.54) is 10.4 Å². The van der Waals surface area contributed by atoms with Gasteiger partial charge in [-0.25, -0.2) is 12.7 Å². The van der Waals surface area contributed by atoms with Gasteiger partial charge < -0.3 is 5.73 Å². The Morgan fingerprint density at radius 3 is 2.56 bits per heavy atom. The fourth-order valence-electron chi connectivity index (χ4n) is 1.53. The smallest absolute Gasteiger partial charge is 0.242 e. The molecule has 0 atom stereocenters. The lowest BCUT2D eigenvalue weighted by molar-refractivity contribution is 0.459. The minimum atomic E-state index is -3.45. The van der Waals surface area contributed by atoms with Crippen LogP contribution in [0.4, 0.5) is 0 Å². The van der Waals surface area contributed by atoms with Gasteiger partial charge in [0.05, 0.1) is 4.90 Å². The van der Waals surface area contributed by atoms with Gasteiger partial charge in [0, 0.05) is 25.2 Å². The maximum absolute atomic E-state index is 12.2. The number of sulfonamides is 1.